The first-order chi connectivity index (χ1) is 10.3. The van der Waals surface area contributed by atoms with Crippen LogP contribution in [-0.4, -0.2) is 17.0 Å². The Morgan fingerprint density at radius 3 is 2.59 bits per heavy atom. The summed E-state index contributed by atoms with van der Waals surface area (Å²) in [7, 11) is 0. The summed E-state index contributed by atoms with van der Waals surface area (Å²) in [6.07, 6.45) is 11.2. The van der Waals surface area contributed by atoms with E-state index in [1.807, 2.05) is 0 Å². The Balaban J connectivity index is 1.77. The van der Waals surface area contributed by atoms with E-state index in [0.717, 1.165) is 19.3 Å². The lowest BCUT2D eigenvalue weighted by molar-refractivity contribution is -0.203. The topological polar surface area (TPSA) is 29.5 Å². The van der Waals surface area contributed by atoms with E-state index in [1.54, 1.807) is 0 Å². The van der Waals surface area contributed by atoms with Crippen LogP contribution in [0.1, 0.15) is 72.1 Å². The second kappa shape index (κ2) is 4.39. The first-order valence-electron chi connectivity index (χ1n) is 9.29. The molecule has 1 heterocycles. The molecular weight excluding hydrogens is 272 g/mol. The van der Waals surface area contributed by atoms with E-state index in [1.165, 1.54) is 32.1 Å². The van der Waals surface area contributed by atoms with Crippen molar-refractivity contribution in [2.45, 2.75) is 84.0 Å². The van der Waals surface area contributed by atoms with Gasteiger partial charge in [-0.2, -0.15) is 0 Å². The van der Waals surface area contributed by atoms with E-state index in [0.29, 0.717) is 11.8 Å². The molecule has 1 N–H and O–H groups in total. The molecule has 2 heteroatoms. The molecule has 2 nitrogen and oxygen atoms in total. The molecule has 0 amide bonds. The van der Waals surface area contributed by atoms with Crippen LogP contribution >= 0.6 is 0 Å². The number of aliphatic hydroxyl groups excluding tert-OH is 1. The third-order valence-corrected chi connectivity index (χ3v) is 8.39. The lowest BCUT2D eigenvalue weighted by atomic mass is 9.43. The minimum Gasteiger partial charge on any atom is -0.367 e. The van der Waals surface area contributed by atoms with Crippen molar-refractivity contribution >= 4 is 0 Å². The Bertz CT molecular complexity index is 498. The van der Waals surface area contributed by atoms with Gasteiger partial charge in [0.25, 0.3) is 0 Å². The van der Waals surface area contributed by atoms with Crippen LogP contribution in [0.3, 0.4) is 0 Å². The molecule has 0 radical (unpaired) electrons. The Morgan fingerprint density at radius 2 is 1.86 bits per heavy atom. The summed E-state index contributed by atoms with van der Waals surface area (Å²) in [5.41, 5.74) is 0.411. The van der Waals surface area contributed by atoms with Gasteiger partial charge in [-0.3, -0.25) is 0 Å². The molecule has 2 bridgehead atoms. The molecular formula is C20H32O2. The molecule has 3 aliphatic carbocycles. The van der Waals surface area contributed by atoms with Crippen LogP contribution in [0.4, 0.5) is 0 Å². The van der Waals surface area contributed by atoms with Crippen molar-refractivity contribution in [2.24, 2.45) is 28.1 Å². The standard InChI is InChI=1S/C20H32O2/c1-5-18(4)11-12-19-14(13-18)8-10-20(22-16(19)21)15(19)7-6-9-17(20,2)3/h5,14-16,21H,1,6-13H2,2-4H3/t14-,15+,16+,18-,19+,20-/m1/s1. The predicted octanol–water partition coefficient (Wildman–Crippen LogP) is 4.67. The summed E-state index contributed by atoms with van der Waals surface area (Å²) in [6, 6.07) is 0. The zero-order valence-electron chi connectivity index (χ0n) is 14.5. The lowest BCUT2D eigenvalue weighted by Gasteiger charge is -2.60. The van der Waals surface area contributed by atoms with Gasteiger partial charge in [0.15, 0.2) is 6.29 Å². The van der Waals surface area contributed by atoms with Crippen LogP contribution in [0, 0.1) is 28.1 Å². The largest absolute Gasteiger partial charge is 0.367 e. The minimum absolute atomic E-state index is 0.0263. The number of hydrogen-bond acceptors (Lipinski definition) is 2. The van der Waals surface area contributed by atoms with E-state index < -0.39 is 6.29 Å². The zero-order valence-corrected chi connectivity index (χ0v) is 14.5. The van der Waals surface area contributed by atoms with Crippen LogP contribution in [0.5, 0.6) is 0 Å². The quantitative estimate of drug-likeness (QED) is 0.713. The van der Waals surface area contributed by atoms with Crippen molar-refractivity contribution in [2.75, 3.05) is 0 Å². The summed E-state index contributed by atoms with van der Waals surface area (Å²) in [4.78, 5) is 0. The average Bonchev–Trinajstić information content (AvgIpc) is 2.64. The Morgan fingerprint density at radius 1 is 1.09 bits per heavy atom. The van der Waals surface area contributed by atoms with Gasteiger partial charge >= 0.3 is 0 Å². The molecule has 3 saturated carbocycles. The second-order valence-electron chi connectivity index (χ2n) is 9.60. The number of allylic oxidation sites excluding steroid dienone is 1. The Labute approximate surface area is 135 Å². The molecule has 22 heavy (non-hydrogen) atoms. The zero-order chi connectivity index (χ0) is 15.8. The Hall–Kier alpha value is -0.340. The van der Waals surface area contributed by atoms with Gasteiger partial charge in [-0.05, 0) is 67.6 Å². The van der Waals surface area contributed by atoms with Gasteiger partial charge in [-0.25, -0.2) is 0 Å². The van der Waals surface area contributed by atoms with Crippen LogP contribution in [-0.2, 0) is 4.74 Å². The highest BCUT2D eigenvalue weighted by molar-refractivity contribution is 5.20. The smallest absolute Gasteiger partial charge is 0.161 e. The van der Waals surface area contributed by atoms with Crippen LogP contribution in [0.15, 0.2) is 12.7 Å². The molecule has 1 aliphatic heterocycles. The molecule has 1 saturated heterocycles. The fraction of sp³-hybridized carbons (Fsp3) is 0.900. The van der Waals surface area contributed by atoms with Crippen LogP contribution < -0.4 is 0 Å². The fourth-order valence-corrected chi connectivity index (χ4v) is 6.95. The number of aliphatic hydroxyl groups is 1. The van der Waals surface area contributed by atoms with Crippen LogP contribution in [0.2, 0.25) is 0 Å². The van der Waals surface area contributed by atoms with Crippen molar-refractivity contribution in [3.8, 4) is 0 Å². The first kappa shape index (κ1) is 15.2. The maximum absolute atomic E-state index is 11.0. The molecule has 0 unspecified atom stereocenters. The van der Waals surface area contributed by atoms with Gasteiger partial charge in [0.05, 0.1) is 5.60 Å². The van der Waals surface area contributed by atoms with Gasteiger partial charge in [0.2, 0.25) is 0 Å². The molecule has 4 fully saturated rings. The van der Waals surface area contributed by atoms with E-state index in [2.05, 4.69) is 33.4 Å². The highest BCUT2D eigenvalue weighted by Gasteiger charge is 2.73. The first-order valence-corrected chi connectivity index (χ1v) is 9.29. The summed E-state index contributed by atoms with van der Waals surface area (Å²) in [6.45, 7) is 11.2. The summed E-state index contributed by atoms with van der Waals surface area (Å²) >= 11 is 0. The maximum atomic E-state index is 11.0. The van der Waals surface area contributed by atoms with Crippen molar-refractivity contribution in [1.29, 1.82) is 0 Å². The second-order valence-corrected chi connectivity index (χ2v) is 9.60. The molecule has 4 aliphatic rings. The van der Waals surface area contributed by atoms with Crippen LogP contribution in [0.25, 0.3) is 0 Å². The van der Waals surface area contributed by atoms with Gasteiger partial charge < -0.3 is 9.84 Å². The molecule has 1 spiro atoms. The van der Waals surface area contributed by atoms with E-state index >= 15 is 0 Å². The maximum Gasteiger partial charge on any atom is 0.161 e. The predicted molar refractivity (Wildman–Crippen MR) is 88.3 cm³/mol. The number of rotatable bonds is 1. The van der Waals surface area contributed by atoms with Crippen molar-refractivity contribution in [3.05, 3.63) is 12.7 Å². The molecule has 0 aromatic rings. The van der Waals surface area contributed by atoms with E-state index in [4.69, 9.17) is 4.74 Å². The molecule has 6 atom stereocenters. The summed E-state index contributed by atoms with van der Waals surface area (Å²) in [5.74, 6) is 1.17. The third kappa shape index (κ3) is 1.59. The molecule has 0 aromatic carbocycles. The SMILES string of the molecule is C=C[C@]1(C)CC[C@@]23[C@H](CC[C@@]4(O[C@@H]2O)[C@H]3CCCC4(C)C)C1. The monoisotopic (exact) mass is 304 g/mol. The highest BCUT2D eigenvalue weighted by atomic mass is 16.6. The fourth-order valence-electron chi connectivity index (χ4n) is 6.95. The molecule has 124 valence electrons. The summed E-state index contributed by atoms with van der Waals surface area (Å²) < 4.78 is 6.48. The molecule has 0 aromatic heterocycles. The van der Waals surface area contributed by atoms with Gasteiger partial charge in [-0.15, -0.1) is 6.58 Å². The average molecular weight is 304 g/mol. The molecule has 4 rings (SSSR count). The van der Waals surface area contributed by atoms with Crippen molar-refractivity contribution in [3.63, 3.8) is 0 Å². The van der Waals surface area contributed by atoms with Gasteiger partial charge in [-0.1, -0.05) is 33.3 Å². The Kier molecular flexibility index (Phi) is 3.03. The highest BCUT2D eigenvalue weighted by Crippen LogP contribution is 2.73. The van der Waals surface area contributed by atoms with Crippen molar-refractivity contribution in [1.82, 2.24) is 0 Å². The van der Waals surface area contributed by atoms with Gasteiger partial charge in [0, 0.05) is 5.41 Å². The van der Waals surface area contributed by atoms with Gasteiger partial charge in [0.1, 0.15) is 0 Å². The third-order valence-electron chi connectivity index (χ3n) is 8.39. The van der Waals surface area contributed by atoms with Crippen molar-refractivity contribution < 1.29 is 9.84 Å². The summed E-state index contributed by atoms with van der Waals surface area (Å²) in [5, 5.41) is 11.0. The van der Waals surface area contributed by atoms with E-state index in [-0.39, 0.29) is 21.8 Å². The van der Waals surface area contributed by atoms with E-state index in [9.17, 15) is 5.11 Å². The lowest BCUT2D eigenvalue weighted by Crippen LogP contribution is -2.60. The normalized spacial score (nSPS) is 56.1. The number of ether oxygens (including phenoxy) is 1. The number of hydrogen-bond donors (Lipinski definition) is 1. The minimum atomic E-state index is -0.545.